The lowest BCUT2D eigenvalue weighted by Gasteiger charge is -2.26. The maximum absolute atomic E-state index is 12.4. The monoisotopic (exact) mass is 342 g/mol. The Hall–Kier alpha value is -2.36. The number of amides is 2. The minimum absolute atomic E-state index is 0.0677. The van der Waals surface area contributed by atoms with Gasteiger partial charge in [-0.2, -0.15) is 0 Å². The third kappa shape index (κ3) is 5.69. The van der Waals surface area contributed by atoms with Crippen LogP contribution in [-0.4, -0.2) is 65.0 Å². The number of carboxylic acid groups (broad SMARTS) is 1. The van der Waals surface area contributed by atoms with E-state index in [1.54, 1.807) is 6.92 Å². The van der Waals surface area contributed by atoms with Crippen molar-refractivity contribution < 1.29 is 19.5 Å². The number of nitrogens with two attached hydrogens (primary N) is 3. The number of rotatable bonds is 8. The standard InChI is InChI=1S/C14H26N6O4/c1-8(15)12(22)20-7-3-5-10(20)11(21)19-9(13(23)24)4-2-6-18-14(16)17/h8-10H,2-7,15H2,1H3,(H,19,21)(H,23,24)(H4,16,17,18)/t8?,9?,10-/m0/s1. The Kier molecular flexibility index (Phi) is 7.43. The van der Waals surface area contributed by atoms with E-state index in [9.17, 15) is 19.5 Å². The van der Waals surface area contributed by atoms with Gasteiger partial charge >= 0.3 is 5.97 Å². The van der Waals surface area contributed by atoms with E-state index < -0.39 is 30.0 Å². The lowest BCUT2D eigenvalue weighted by Crippen LogP contribution is -2.53. The van der Waals surface area contributed by atoms with Crippen LogP contribution in [-0.2, 0) is 14.4 Å². The summed E-state index contributed by atoms with van der Waals surface area (Å²) >= 11 is 0. The molecule has 0 aromatic carbocycles. The molecule has 3 atom stereocenters. The van der Waals surface area contributed by atoms with Gasteiger partial charge < -0.3 is 32.5 Å². The molecule has 0 spiro atoms. The van der Waals surface area contributed by atoms with Crippen LogP contribution in [0.5, 0.6) is 0 Å². The highest BCUT2D eigenvalue weighted by atomic mass is 16.4. The van der Waals surface area contributed by atoms with E-state index in [4.69, 9.17) is 17.2 Å². The van der Waals surface area contributed by atoms with Crippen LogP contribution in [0.25, 0.3) is 0 Å². The second kappa shape index (κ2) is 9.06. The predicted molar refractivity (Wildman–Crippen MR) is 87.9 cm³/mol. The number of carboxylic acids is 1. The highest BCUT2D eigenvalue weighted by molar-refractivity contribution is 5.92. The molecule has 1 heterocycles. The highest BCUT2D eigenvalue weighted by Crippen LogP contribution is 2.18. The summed E-state index contributed by atoms with van der Waals surface area (Å²) in [6.07, 6.45) is 1.76. The van der Waals surface area contributed by atoms with E-state index >= 15 is 0 Å². The molecule has 10 nitrogen and oxygen atoms in total. The van der Waals surface area contributed by atoms with Crippen molar-refractivity contribution in [1.82, 2.24) is 10.2 Å². The molecule has 2 amide bonds. The second-order valence-electron chi connectivity index (χ2n) is 5.83. The van der Waals surface area contributed by atoms with Crippen molar-refractivity contribution in [2.24, 2.45) is 22.2 Å². The van der Waals surface area contributed by atoms with Crippen LogP contribution >= 0.6 is 0 Å². The average Bonchev–Trinajstić information content (AvgIpc) is 2.98. The summed E-state index contributed by atoms with van der Waals surface area (Å²) in [5, 5.41) is 11.7. The van der Waals surface area contributed by atoms with Crippen molar-refractivity contribution in [3.63, 3.8) is 0 Å². The number of aliphatic imine (C=N–C) groups is 1. The molecule has 0 bridgehead atoms. The molecule has 1 aliphatic heterocycles. The summed E-state index contributed by atoms with van der Waals surface area (Å²) in [4.78, 5) is 40.9. The number of nitrogens with zero attached hydrogens (tertiary/aromatic N) is 2. The minimum atomic E-state index is -1.14. The first kappa shape index (κ1) is 19.7. The molecular formula is C14H26N6O4. The Bertz CT molecular complexity index is 503. The van der Waals surface area contributed by atoms with E-state index in [0.29, 0.717) is 25.8 Å². The molecule has 1 aliphatic rings. The van der Waals surface area contributed by atoms with Crippen LogP contribution in [0.1, 0.15) is 32.6 Å². The first-order valence-electron chi connectivity index (χ1n) is 7.88. The summed E-state index contributed by atoms with van der Waals surface area (Å²) in [6, 6.07) is -2.43. The molecule has 0 aromatic rings. The molecule has 0 saturated carbocycles. The maximum Gasteiger partial charge on any atom is 0.326 e. The van der Waals surface area contributed by atoms with Crippen LogP contribution in [0.15, 0.2) is 4.99 Å². The molecule has 0 aromatic heterocycles. The number of carbonyl (C=O) groups excluding carboxylic acids is 2. The van der Waals surface area contributed by atoms with Gasteiger partial charge in [-0.1, -0.05) is 0 Å². The van der Waals surface area contributed by atoms with Gasteiger partial charge in [0.2, 0.25) is 11.8 Å². The Morgan fingerprint density at radius 1 is 1.38 bits per heavy atom. The first-order chi connectivity index (χ1) is 11.2. The average molecular weight is 342 g/mol. The van der Waals surface area contributed by atoms with Gasteiger partial charge in [-0.15, -0.1) is 0 Å². The van der Waals surface area contributed by atoms with Gasteiger partial charge in [0.25, 0.3) is 0 Å². The minimum Gasteiger partial charge on any atom is -0.480 e. The summed E-state index contributed by atoms with van der Waals surface area (Å²) in [7, 11) is 0. The van der Waals surface area contributed by atoms with Crippen LogP contribution in [0.2, 0.25) is 0 Å². The fourth-order valence-electron chi connectivity index (χ4n) is 2.59. The van der Waals surface area contributed by atoms with Crippen LogP contribution < -0.4 is 22.5 Å². The quantitative estimate of drug-likeness (QED) is 0.191. The van der Waals surface area contributed by atoms with Crippen molar-refractivity contribution in [2.75, 3.05) is 13.1 Å². The fraction of sp³-hybridized carbons (Fsp3) is 0.714. The van der Waals surface area contributed by atoms with Crippen molar-refractivity contribution in [3.8, 4) is 0 Å². The largest absolute Gasteiger partial charge is 0.480 e. The summed E-state index contributed by atoms with van der Waals surface area (Å²) in [6.45, 7) is 2.28. The van der Waals surface area contributed by atoms with Gasteiger partial charge in [-0.05, 0) is 32.6 Å². The maximum atomic E-state index is 12.4. The van der Waals surface area contributed by atoms with Crippen LogP contribution in [0.4, 0.5) is 0 Å². The molecule has 0 radical (unpaired) electrons. The van der Waals surface area contributed by atoms with Gasteiger partial charge in [0, 0.05) is 13.1 Å². The predicted octanol–water partition coefficient (Wildman–Crippen LogP) is -2.05. The summed E-state index contributed by atoms with van der Waals surface area (Å²) < 4.78 is 0. The first-order valence-corrected chi connectivity index (χ1v) is 7.88. The van der Waals surface area contributed by atoms with Crippen molar-refractivity contribution in [3.05, 3.63) is 0 Å². The number of hydrogen-bond acceptors (Lipinski definition) is 5. The molecular weight excluding hydrogens is 316 g/mol. The second-order valence-corrected chi connectivity index (χ2v) is 5.83. The number of guanidine groups is 1. The molecule has 136 valence electrons. The topological polar surface area (TPSA) is 177 Å². The number of likely N-dealkylation sites (tertiary alicyclic amines) is 1. The Labute approximate surface area is 140 Å². The zero-order valence-electron chi connectivity index (χ0n) is 13.8. The molecule has 1 fully saturated rings. The molecule has 8 N–H and O–H groups in total. The molecule has 1 saturated heterocycles. The highest BCUT2D eigenvalue weighted by Gasteiger charge is 2.36. The molecule has 0 aliphatic carbocycles. The van der Waals surface area contributed by atoms with E-state index in [0.717, 1.165) is 0 Å². The lowest BCUT2D eigenvalue weighted by molar-refractivity contribution is -0.144. The van der Waals surface area contributed by atoms with Gasteiger partial charge in [-0.3, -0.25) is 14.6 Å². The van der Waals surface area contributed by atoms with Gasteiger partial charge in [0.15, 0.2) is 5.96 Å². The zero-order valence-corrected chi connectivity index (χ0v) is 13.8. The Morgan fingerprint density at radius 2 is 2.04 bits per heavy atom. The number of carbonyl (C=O) groups is 3. The SMILES string of the molecule is CC(N)C(=O)N1CCC[C@H]1C(=O)NC(CCCN=C(N)N)C(=O)O. The van der Waals surface area contributed by atoms with Crippen LogP contribution in [0, 0.1) is 0 Å². The van der Waals surface area contributed by atoms with Crippen molar-refractivity contribution in [2.45, 2.75) is 50.7 Å². The van der Waals surface area contributed by atoms with Gasteiger partial charge in [-0.25, -0.2) is 4.79 Å². The number of aliphatic carboxylic acids is 1. The van der Waals surface area contributed by atoms with E-state index in [2.05, 4.69) is 10.3 Å². The smallest absolute Gasteiger partial charge is 0.326 e. The third-order valence-electron chi connectivity index (χ3n) is 3.79. The summed E-state index contributed by atoms with van der Waals surface area (Å²) in [5.74, 6) is -2.00. The third-order valence-corrected chi connectivity index (χ3v) is 3.79. The summed E-state index contributed by atoms with van der Waals surface area (Å²) in [5.41, 5.74) is 16.0. The Balaban J connectivity index is 2.62. The van der Waals surface area contributed by atoms with E-state index in [1.807, 2.05) is 0 Å². The molecule has 1 rings (SSSR count). The Morgan fingerprint density at radius 3 is 2.58 bits per heavy atom. The number of nitrogens with one attached hydrogen (secondary N) is 1. The van der Waals surface area contributed by atoms with E-state index in [-0.39, 0.29) is 24.8 Å². The molecule has 2 unspecified atom stereocenters. The van der Waals surface area contributed by atoms with Gasteiger partial charge in [0.1, 0.15) is 12.1 Å². The lowest BCUT2D eigenvalue weighted by atomic mass is 10.1. The zero-order chi connectivity index (χ0) is 18.3. The van der Waals surface area contributed by atoms with Gasteiger partial charge in [0.05, 0.1) is 6.04 Å². The van der Waals surface area contributed by atoms with Crippen molar-refractivity contribution in [1.29, 1.82) is 0 Å². The normalized spacial score (nSPS) is 19.4. The van der Waals surface area contributed by atoms with E-state index in [1.165, 1.54) is 4.90 Å². The fourth-order valence-corrected chi connectivity index (χ4v) is 2.59. The van der Waals surface area contributed by atoms with Crippen LogP contribution in [0.3, 0.4) is 0 Å². The number of hydrogen-bond donors (Lipinski definition) is 5. The molecule has 10 heteroatoms. The van der Waals surface area contributed by atoms with Crippen molar-refractivity contribution >= 4 is 23.7 Å². The molecule has 24 heavy (non-hydrogen) atoms.